The number of hydrogen-bond donors (Lipinski definition) is 2. The minimum absolute atomic E-state index is 0. The largest absolute Gasteiger partial charge is 0.353 e. The van der Waals surface area contributed by atoms with Gasteiger partial charge < -0.3 is 10.6 Å². The summed E-state index contributed by atoms with van der Waals surface area (Å²) in [5.74, 6) is 1.19. The molecule has 0 amide bonds. The molecule has 2 aromatic rings. The molecule has 4 rings (SSSR count). The Morgan fingerprint density at radius 1 is 1.29 bits per heavy atom. The minimum Gasteiger partial charge on any atom is -0.353 e. The van der Waals surface area contributed by atoms with E-state index in [9.17, 15) is 8.78 Å². The molecule has 2 aliphatic rings. The van der Waals surface area contributed by atoms with Crippen molar-refractivity contribution < 1.29 is 8.78 Å². The molecular weight excluding hydrogens is 477 g/mol. The number of rotatable bonds is 4. The van der Waals surface area contributed by atoms with E-state index >= 15 is 0 Å². The summed E-state index contributed by atoms with van der Waals surface area (Å²) in [4.78, 5) is 9.03. The van der Waals surface area contributed by atoms with Crippen LogP contribution < -0.4 is 10.6 Å². The molecule has 1 aliphatic carbocycles. The van der Waals surface area contributed by atoms with Gasteiger partial charge in [-0.3, -0.25) is 4.99 Å². The van der Waals surface area contributed by atoms with Crippen LogP contribution >= 0.6 is 24.0 Å². The Hall–Kier alpha value is -1.78. The van der Waals surface area contributed by atoms with Crippen molar-refractivity contribution in [3.8, 4) is 0 Å². The fourth-order valence-electron chi connectivity index (χ4n) is 3.78. The number of nitrogens with one attached hydrogen (secondary N) is 2. The summed E-state index contributed by atoms with van der Waals surface area (Å²) >= 11 is 0. The summed E-state index contributed by atoms with van der Waals surface area (Å²) in [6.07, 6.45) is 2.64. The lowest BCUT2D eigenvalue weighted by Gasteiger charge is -2.25. The number of nitrogens with zero attached hydrogens (tertiary/aromatic N) is 4. The van der Waals surface area contributed by atoms with Crippen LogP contribution in [0.1, 0.15) is 55.4 Å². The fraction of sp³-hybridized carbons (Fsp3) is 0.526. The Labute approximate surface area is 180 Å². The van der Waals surface area contributed by atoms with Crippen molar-refractivity contribution >= 4 is 29.9 Å². The normalized spacial score (nSPS) is 23.6. The van der Waals surface area contributed by atoms with Gasteiger partial charge in [-0.15, -0.1) is 24.0 Å². The number of halogens is 3. The third kappa shape index (κ3) is 4.28. The van der Waals surface area contributed by atoms with E-state index in [1.807, 2.05) is 18.5 Å². The van der Waals surface area contributed by atoms with Gasteiger partial charge in [-0.2, -0.15) is 5.10 Å². The lowest BCUT2D eigenvalue weighted by Crippen LogP contribution is -2.43. The molecule has 0 saturated heterocycles. The number of aromatic nitrogens is 3. The minimum atomic E-state index is -0.484. The Kier molecular flexibility index (Phi) is 6.51. The van der Waals surface area contributed by atoms with E-state index < -0.39 is 11.6 Å². The van der Waals surface area contributed by atoms with Crippen molar-refractivity contribution in [1.82, 2.24) is 25.4 Å². The lowest BCUT2D eigenvalue weighted by molar-refractivity contribution is 0.397. The van der Waals surface area contributed by atoms with Crippen molar-refractivity contribution in [2.45, 2.75) is 57.7 Å². The topological polar surface area (TPSA) is 67.1 Å². The van der Waals surface area contributed by atoms with Crippen molar-refractivity contribution in [2.75, 3.05) is 6.54 Å². The van der Waals surface area contributed by atoms with Crippen LogP contribution in [0, 0.1) is 18.6 Å². The molecule has 2 heterocycles. The first-order chi connectivity index (χ1) is 13.1. The second-order valence-corrected chi connectivity index (χ2v) is 7.13. The monoisotopic (exact) mass is 502 g/mol. The molecule has 1 saturated carbocycles. The Bertz CT molecular complexity index is 848. The fourth-order valence-corrected chi connectivity index (χ4v) is 3.78. The first kappa shape index (κ1) is 20.9. The number of hydrogen-bond acceptors (Lipinski definition) is 3. The predicted octanol–water partition coefficient (Wildman–Crippen LogP) is 3.43. The summed E-state index contributed by atoms with van der Waals surface area (Å²) in [7, 11) is 0. The van der Waals surface area contributed by atoms with Crippen LogP contribution in [0.15, 0.2) is 23.2 Å². The third-order valence-electron chi connectivity index (χ3n) is 5.09. The maximum Gasteiger partial charge on any atom is 0.192 e. The summed E-state index contributed by atoms with van der Waals surface area (Å²) < 4.78 is 30.0. The number of guanidine groups is 1. The molecule has 28 heavy (non-hydrogen) atoms. The zero-order valence-electron chi connectivity index (χ0n) is 16.0. The average molecular weight is 502 g/mol. The van der Waals surface area contributed by atoms with Gasteiger partial charge in [0.2, 0.25) is 0 Å². The Morgan fingerprint density at radius 3 is 2.75 bits per heavy atom. The van der Waals surface area contributed by atoms with Gasteiger partial charge in [0.1, 0.15) is 23.3 Å². The molecule has 0 bridgehead atoms. The first-order valence-electron chi connectivity index (χ1n) is 9.49. The second kappa shape index (κ2) is 8.71. The highest BCUT2D eigenvalue weighted by molar-refractivity contribution is 14.0. The summed E-state index contributed by atoms with van der Waals surface area (Å²) in [5.41, 5.74) is 0.166. The highest BCUT2D eigenvalue weighted by Crippen LogP contribution is 2.43. The van der Waals surface area contributed by atoms with Crippen LogP contribution in [0.25, 0.3) is 0 Å². The van der Waals surface area contributed by atoms with Gasteiger partial charge in [0.15, 0.2) is 5.96 Å². The van der Waals surface area contributed by atoms with E-state index in [0.29, 0.717) is 18.9 Å². The predicted molar refractivity (Wildman–Crippen MR) is 114 cm³/mol. The van der Waals surface area contributed by atoms with Crippen LogP contribution in [0.2, 0.25) is 0 Å². The first-order valence-corrected chi connectivity index (χ1v) is 9.49. The quantitative estimate of drug-likeness (QED) is 0.382. The Balaban J connectivity index is 0.00000225. The van der Waals surface area contributed by atoms with Crippen molar-refractivity contribution in [1.29, 1.82) is 0 Å². The van der Waals surface area contributed by atoms with Gasteiger partial charge in [0.05, 0.1) is 6.04 Å². The zero-order chi connectivity index (χ0) is 19.0. The smallest absolute Gasteiger partial charge is 0.192 e. The van der Waals surface area contributed by atoms with Crippen LogP contribution in [0.4, 0.5) is 8.78 Å². The molecule has 0 radical (unpaired) electrons. The maximum absolute atomic E-state index is 14.0. The number of aryl methyl sites for hydroxylation is 2. The third-order valence-corrected chi connectivity index (χ3v) is 5.09. The molecule has 152 valence electrons. The molecular formula is C19H25F2IN6. The molecule has 6 nitrogen and oxygen atoms in total. The molecule has 0 spiro atoms. The summed E-state index contributed by atoms with van der Waals surface area (Å²) in [6.45, 7) is 5.33. The number of benzene rings is 1. The molecule has 2 N–H and O–H groups in total. The molecule has 1 aromatic heterocycles. The lowest BCUT2D eigenvalue weighted by atomic mass is 10.1. The van der Waals surface area contributed by atoms with Crippen LogP contribution in [-0.4, -0.2) is 33.3 Å². The van der Waals surface area contributed by atoms with Gasteiger partial charge >= 0.3 is 0 Å². The highest BCUT2D eigenvalue weighted by Gasteiger charge is 2.42. The standard InChI is InChI=1S/C19H24F2N6.HI/c1-3-22-19(24-15-8-5-9-27-18(15)23-11(2)26-27)25-16-10-12(16)17-13(20)6-4-7-14(17)21;/h4,6-7,12,15-16H,3,5,8-10H2,1-2H3,(H2,22,24,25);1H. The van der Waals surface area contributed by atoms with E-state index in [1.165, 1.54) is 18.2 Å². The number of fused-ring (bicyclic) bond motifs is 1. The zero-order valence-corrected chi connectivity index (χ0v) is 18.3. The van der Waals surface area contributed by atoms with Crippen LogP contribution in [0.5, 0.6) is 0 Å². The molecule has 3 atom stereocenters. The SMILES string of the molecule is CCN=C(NC1CCCn2nc(C)nc21)NC1CC1c1c(F)cccc1F.I. The molecule has 9 heteroatoms. The van der Waals surface area contributed by atoms with Crippen molar-refractivity contribution in [2.24, 2.45) is 4.99 Å². The Morgan fingerprint density at radius 2 is 2.04 bits per heavy atom. The second-order valence-electron chi connectivity index (χ2n) is 7.13. The molecule has 1 aliphatic heterocycles. The van der Waals surface area contributed by atoms with E-state index in [4.69, 9.17) is 0 Å². The van der Waals surface area contributed by atoms with Crippen LogP contribution in [-0.2, 0) is 6.54 Å². The molecule has 1 aromatic carbocycles. The van der Waals surface area contributed by atoms with Gasteiger partial charge in [0.25, 0.3) is 0 Å². The average Bonchev–Trinajstić information content (AvgIpc) is 3.24. The summed E-state index contributed by atoms with van der Waals surface area (Å²) in [5, 5.41) is 11.2. The van der Waals surface area contributed by atoms with Gasteiger partial charge in [-0.25, -0.2) is 18.4 Å². The molecule has 1 fully saturated rings. The van der Waals surface area contributed by atoms with E-state index in [0.717, 1.165) is 31.0 Å². The van der Waals surface area contributed by atoms with E-state index in [1.54, 1.807) is 0 Å². The van der Waals surface area contributed by atoms with Gasteiger partial charge in [0, 0.05) is 30.6 Å². The maximum atomic E-state index is 14.0. The number of aliphatic imine (C=N–C) groups is 1. The van der Waals surface area contributed by atoms with Crippen molar-refractivity contribution in [3.63, 3.8) is 0 Å². The highest BCUT2D eigenvalue weighted by atomic mass is 127. The summed E-state index contributed by atoms with van der Waals surface area (Å²) in [6, 6.07) is 4.01. The van der Waals surface area contributed by atoms with Gasteiger partial charge in [-0.05, 0) is 45.2 Å². The molecule has 3 unspecified atom stereocenters. The van der Waals surface area contributed by atoms with Crippen molar-refractivity contribution in [3.05, 3.63) is 47.0 Å². The van der Waals surface area contributed by atoms with Crippen LogP contribution in [0.3, 0.4) is 0 Å². The van der Waals surface area contributed by atoms with E-state index in [-0.39, 0.29) is 47.5 Å². The van der Waals surface area contributed by atoms with Gasteiger partial charge in [-0.1, -0.05) is 6.07 Å². The van der Waals surface area contributed by atoms with E-state index in [2.05, 4.69) is 25.7 Å².